The lowest BCUT2D eigenvalue weighted by Crippen LogP contribution is -2.13. The van der Waals surface area contributed by atoms with Crippen molar-refractivity contribution in [2.75, 3.05) is 19.5 Å². The molecule has 0 unspecified atom stereocenters. The van der Waals surface area contributed by atoms with E-state index in [1.807, 2.05) is 0 Å². The van der Waals surface area contributed by atoms with Crippen molar-refractivity contribution < 1.29 is 27.4 Å². The number of amides is 1. The molecule has 29 heavy (non-hydrogen) atoms. The van der Waals surface area contributed by atoms with Gasteiger partial charge in [0, 0.05) is 30.1 Å². The zero-order valence-corrected chi connectivity index (χ0v) is 15.7. The number of aromatic nitrogens is 3. The summed E-state index contributed by atoms with van der Waals surface area (Å²) < 4.78 is 49.7. The topological polar surface area (TPSA) is 78.3 Å². The number of anilines is 1. The molecule has 2 aromatic heterocycles. The Morgan fingerprint density at radius 2 is 1.72 bits per heavy atom. The van der Waals surface area contributed by atoms with Gasteiger partial charge in [0.25, 0.3) is 5.91 Å². The molecule has 0 bridgehead atoms. The minimum atomic E-state index is -4.48. The largest absolute Gasteiger partial charge is 0.497 e. The SMILES string of the molecule is COc1cc(NC(=O)c2cnn(-c3ccc(C(F)(F)F)cn3)c2C)cc(OC)c1. The second kappa shape index (κ2) is 7.82. The summed E-state index contributed by atoms with van der Waals surface area (Å²) in [6.07, 6.45) is -2.44. The number of carbonyl (C=O) groups is 1. The van der Waals surface area contributed by atoms with Gasteiger partial charge in [0.2, 0.25) is 0 Å². The van der Waals surface area contributed by atoms with E-state index in [9.17, 15) is 18.0 Å². The van der Waals surface area contributed by atoms with Crippen LogP contribution in [0.15, 0.2) is 42.7 Å². The fourth-order valence-corrected chi connectivity index (χ4v) is 2.62. The number of benzene rings is 1. The summed E-state index contributed by atoms with van der Waals surface area (Å²) >= 11 is 0. The van der Waals surface area contributed by atoms with Gasteiger partial charge in [-0.1, -0.05) is 0 Å². The van der Waals surface area contributed by atoms with E-state index in [2.05, 4.69) is 15.4 Å². The van der Waals surface area contributed by atoms with E-state index in [-0.39, 0.29) is 11.4 Å². The molecule has 0 atom stereocenters. The van der Waals surface area contributed by atoms with Crippen LogP contribution < -0.4 is 14.8 Å². The lowest BCUT2D eigenvalue weighted by atomic mass is 10.2. The first kappa shape index (κ1) is 20.2. The number of alkyl halides is 3. The van der Waals surface area contributed by atoms with Gasteiger partial charge in [-0.3, -0.25) is 4.79 Å². The van der Waals surface area contributed by atoms with E-state index < -0.39 is 17.6 Å². The lowest BCUT2D eigenvalue weighted by molar-refractivity contribution is -0.137. The third kappa shape index (κ3) is 4.31. The van der Waals surface area contributed by atoms with Gasteiger partial charge in [-0.15, -0.1) is 0 Å². The second-order valence-corrected chi connectivity index (χ2v) is 6.01. The van der Waals surface area contributed by atoms with Crippen molar-refractivity contribution in [2.45, 2.75) is 13.1 Å². The minimum Gasteiger partial charge on any atom is -0.497 e. The highest BCUT2D eigenvalue weighted by molar-refractivity contribution is 6.05. The molecule has 0 fully saturated rings. The second-order valence-electron chi connectivity index (χ2n) is 6.01. The summed E-state index contributed by atoms with van der Waals surface area (Å²) in [6, 6.07) is 7.01. The number of carbonyl (C=O) groups excluding carboxylic acids is 1. The number of halogens is 3. The maximum absolute atomic E-state index is 12.7. The first-order valence-electron chi connectivity index (χ1n) is 8.35. The molecule has 7 nitrogen and oxygen atoms in total. The number of nitrogens with zero attached hydrogens (tertiary/aromatic N) is 3. The summed E-state index contributed by atoms with van der Waals surface area (Å²) in [6.45, 7) is 1.62. The van der Waals surface area contributed by atoms with Crippen LogP contribution in [-0.4, -0.2) is 34.9 Å². The Labute approximate surface area is 164 Å². The number of nitrogens with one attached hydrogen (secondary N) is 1. The van der Waals surface area contributed by atoms with Crippen molar-refractivity contribution in [1.29, 1.82) is 0 Å². The number of ether oxygens (including phenoxy) is 2. The molecule has 0 saturated heterocycles. The van der Waals surface area contributed by atoms with Crippen LogP contribution in [0, 0.1) is 6.92 Å². The van der Waals surface area contributed by atoms with E-state index in [0.717, 1.165) is 12.3 Å². The molecule has 0 saturated carbocycles. The van der Waals surface area contributed by atoms with Crippen LogP contribution in [0.4, 0.5) is 18.9 Å². The molecule has 0 aliphatic rings. The molecule has 3 aromatic rings. The van der Waals surface area contributed by atoms with Crippen LogP contribution >= 0.6 is 0 Å². The minimum absolute atomic E-state index is 0.164. The Bertz CT molecular complexity index is 1010. The van der Waals surface area contributed by atoms with Crippen LogP contribution in [0.5, 0.6) is 11.5 Å². The summed E-state index contributed by atoms with van der Waals surface area (Å²) in [4.78, 5) is 16.4. The maximum Gasteiger partial charge on any atom is 0.417 e. The monoisotopic (exact) mass is 406 g/mol. The van der Waals surface area contributed by atoms with E-state index in [1.165, 1.54) is 31.2 Å². The Hall–Kier alpha value is -3.56. The van der Waals surface area contributed by atoms with Crippen molar-refractivity contribution in [2.24, 2.45) is 0 Å². The third-order valence-corrected chi connectivity index (χ3v) is 4.16. The van der Waals surface area contributed by atoms with Gasteiger partial charge >= 0.3 is 6.18 Å². The van der Waals surface area contributed by atoms with E-state index in [0.29, 0.717) is 22.9 Å². The van der Waals surface area contributed by atoms with Crippen LogP contribution in [0.25, 0.3) is 5.82 Å². The predicted molar refractivity (Wildman–Crippen MR) is 98.6 cm³/mol. The Balaban J connectivity index is 1.85. The van der Waals surface area contributed by atoms with Crippen LogP contribution in [0.1, 0.15) is 21.6 Å². The number of hydrogen-bond donors (Lipinski definition) is 1. The average molecular weight is 406 g/mol. The standard InChI is InChI=1S/C19H17F3N4O3/c1-11-16(18(27)25-13-6-14(28-2)8-15(7-13)29-3)10-24-26(11)17-5-4-12(9-23-17)19(20,21)22/h4-10H,1-3H3,(H,25,27). The van der Waals surface area contributed by atoms with Gasteiger partial charge in [0.1, 0.15) is 11.5 Å². The summed E-state index contributed by atoms with van der Waals surface area (Å²) in [5.74, 6) is 0.718. The molecule has 0 spiro atoms. The molecular weight excluding hydrogens is 389 g/mol. The maximum atomic E-state index is 12.7. The molecular formula is C19H17F3N4O3. The summed E-state index contributed by atoms with van der Waals surface area (Å²) in [7, 11) is 2.98. The first-order valence-corrected chi connectivity index (χ1v) is 8.35. The Morgan fingerprint density at radius 1 is 1.07 bits per heavy atom. The Morgan fingerprint density at radius 3 is 2.24 bits per heavy atom. The summed E-state index contributed by atoms with van der Waals surface area (Å²) in [5, 5.41) is 6.79. The molecule has 0 aliphatic carbocycles. The molecule has 1 N–H and O–H groups in total. The molecule has 1 aromatic carbocycles. The molecule has 0 radical (unpaired) electrons. The lowest BCUT2D eigenvalue weighted by Gasteiger charge is -2.10. The van der Waals surface area contributed by atoms with Crippen LogP contribution in [0.3, 0.4) is 0 Å². The fourth-order valence-electron chi connectivity index (χ4n) is 2.62. The average Bonchev–Trinajstić information content (AvgIpc) is 3.08. The predicted octanol–water partition coefficient (Wildman–Crippen LogP) is 3.86. The smallest absolute Gasteiger partial charge is 0.417 e. The highest BCUT2D eigenvalue weighted by atomic mass is 19.4. The zero-order chi connectivity index (χ0) is 21.2. The van der Waals surface area contributed by atoms with Crippen molar-refractivity contribution in [3.63, 3.8) is 0 Å². The van der Waals surface area contributed by atoms with E-state index in [4.69, 9.17) is 9.47 Å². The molecule has 0 aliphatic heterocycles. The van der Waals surface area contributed by atoms with E-state index in [1.54, 1.807) is 25.1 Å². The quantitative estimate of drug-likeness (QED) is 0.696. The van der Waals surface area contributed by atoms with Crippen molar-refractivity contribution >= 4 is 11.6 Å². The number of methoxy groups -OCH3 is 2. The van der Waals surface area contributed by atoms with E-state index >= 15 is 0 Å². The normalized spacial score (nSPS) is 11.2. The van der Waals surface area contributed by atoms with Gasteiger partial charge in [0.05, 0.1) is 37.2 Å². The number of rotatable bonds is 5. The van der Waals surface area contributed by atoms with Gasteiger partial charge in [-0.25, -0.2) is 9.67 Å². The van der Waals surface area contributed by atoms with Crippen LogP contribution in [-0.2, 0) is 6.18 Å². The van der Waals surface area contributed by atoms with Crippen molar-refractivity contribution in [3.8, 4) is 17.3 Å². The summed E-state index contributed by atoms with van der Waals surface area (Å²) in [5.41, 5.74) is 0.250. The third-order valence-electron chi connectivity index (χ3n) is 4.16. The molecule has 3 rings (SSSR count). The van der Waals surface area contributed by atoms with Gasteiger partial charge < -0.3 is 14.8 Å². The molecule has 1 amide bonds. The number of hydrogen-bond acceptors (Lipinski definition) is 5. The molecule has 10 heteroatoms. The molecule has 152 valence electrons. The van der Waals surface area contributed by atoms with Gasteiger partial charge in [0.15, 0.2) is 5.82 Å². The first-order chi connectivity index (χ1) is 13.7. The highest BCUT2D eigenvalue weighted by Gasteiger charge is 2.30. The van der Waals surface area contributed by atoms with Gasteiger partial charge in [-0.05, 0) is 19.1 Å². The highest BCUT2D eigenvalue weighted by Crippen LogP contribution is 2.29. The van der Waals surface area contributed by atoms with Crippen molar-refractivity contribution in [3.05, 3.63) is 59.5 Å². The van der Waals surface area contributed by atoms with Crippen LogP contribution in [0.2, 0.25) is 0 Å². The van der Waals surface area contributed by atoms with Crippen molar-refractivity contribution in [1.82, 2.24) is 14.8 Å². The Kier molecular flexibility index (Phi) is 5.44. The zero-order valence-electron chi connectivity index (χ0n) is 15.7. The van der Waals surface area contributed by atoms with Gasteiger partial charge in [-0.2, -0.15) is 18.3 Å². The number of pyridine rings is 1. The molecule has 2 heterocycles. The fraction of sp³-hybridized carbons (Fsp3) is 0.211.